The quantitative estimate of drug-likeness (QED) is 0.233. The van der Waals surface area contributed by atoms with E-state index in [1.54, 1.807) is 11.3 Å². The maximum absolute atomic E-state index is 6.03. The van der Waals surface area contributed by atoms with Crippen LogP contribution in [0, 0.1) is 12.3 Å². The first-order chi connectivity index (χ1) is 17.0. The van der Waals surface area contributed by atoms with Gasteiger partial charge in [0.1, 0.15) is 0 Å². The van der Waals surface area contributed by atoms with Gasteiger partial charge in [0.05, 0.1) is 34.6 Å². The molecule has 0 saturated carbocycles. The molecule has 1 aliphatic heterocycles. The van der Waals surface area contributed by atoms with Crippen LogP contribution >= 0.6 is 11.3 Å². The van der Waals surface area contributed by atoms with Gasteiger partial charge < -0.3 is 13.9 Å². The van der Waals surface area contributed by atoms with E-state index in [-0.39, 0.29) is 11.7 Å². The lowest BCUT2D eigenvalue weighted by Gasteiger charge is -2.34. The van der Waals surface area contributed by atoms with Gasteiger partial charge >= 0.3 is 0 Å². The van der Waals surface area contributed by atoms with E-state index in [1.165, 1.54) is 54.1 Å². The molecule has 3 aromatic heterocycles. The van der Waals surface area contributed by atoms with E-state index >= 15 is 0 Å². The summed E-state index contributed by atoms with van der Waals surface area (Å²) in [6.07, 6.45) is -0.266. The Bertz CT molecular complexity index is 1750. The maximum atomic E-state index is 6.03. The maximum Gasteiger partial charge on any atom is 0.193 e. The first-order valence-corrected chi connectivity index (χ1v) is 13.0. The topological polar surface area (TPSA) is 22.9 Å². The number of aryl methyl sites for hydroxylation is 1. The zero-order chi connectivity index (χ0) is 23.7. The molecule has 0 spiro atoms. The summed E-state index contributed by atoms with van der Waals surface area (Å²) in [5.41, 5.74) is 6.33. The van der Waals surface area contributed by atoms with Crippen LogP contribution in [0.5, 0.6) is 0 Å². The fourth-order valence-corrected chi connectivity index (χ4v) is 6.33. The molecule has 0 amide bonds. The van der Waals surface area contributed by atoms with Gasteiger partial charge in [0, 0.05) is 26.5 Å². The van der Waals surface area contributed by atoms with E-state index in [0.717, 1.165) is 4.88 Å². The molecule has 174 valence electrons. The smallest absolute Gasteiger partial charge is 0.193 e. The van der Waals surface area contributed by atoms with Crippen molar-refractivity contribution < 1.29 is 9.47 Å². The van der Waals surface area contributed by atoms with Gasteiger partial charge in [0.2, 0.25) is 0 Å². The van der Waals surface area contributed by atoms with Crippen molar-refractivity contribution in [2.75, 3.05) is 13.2 Å². The minimum Gasteiger partial charge on any atom is -0.347 e. The number of hydrogen-bond acceptors (Lipinski definition) is 3. The fourth-order valence-electron chi connectivity index (χ4n) is 5.33. The molecule has 1 aliphatic rings. The Morgan fingerprint density at radius 1 is 0.771 bits per heavy atom. The second-order valence-corrected chi connectivity index (χ2v) is 11.6. The van der Waals surface area contributed by atoms with Gasteiger partial charge in [-0.25, -0.2) is 0 Å². The summed E-state index contributed by atoms with van der Waals surface area (Å²) in [7, 11) is 0. The van der Waals surface area contributed by atoms with Crippen LogP contribution in [0.4, 0.5) is 0 Å². The average Bonchev–Trinajstić information content (AvgIpc) is 3.49. The number of hydrogen-bond donors (Lipinski definition) is 0. The summed E-state index contributed by atoms with van der Waals surface area (Å²) < 4.78 is 14.5. The van der Waals surface area contributed by atoms with Crippen LogP contribution in [0.2, 0.25) is 0 Å². The highest BCUT2D eigenvalue weighted by molar-refractivity contribution is 7.15. The summed E-state index contributed by atoms with van der Waals surface area (Å²) in [6, 6.07) is 29.0. The Balaban J connectivity index is 1.40. The van der Waals surface area contributed by atoms with Crippen molar-refractivity contribution in [3.8, 4) is 10.4 Å². The molecule has 4 heterocycles. The van der Waals surface area contributed by atoms with Gasteiger partial charge in [-0.15, -0.1) is 11.3 Å². The van der Waals surface area contributed by atoms with Crippen LogP contribution in [-0.4, -0.2) is 17.6 Å². The Labute approximate surface area is 208 Å². The summed E-state index contributed by atoms with van der Waals surface area (Å²) >= 11 is 1.76. The lowest BCUT2D eigenvalue weighted by molar-refractivity contribution is -0.224. The summed E-state index contributed by atoms with van der Waals surface area (Å²) in [5, 5.41) is 5.12. The Morgan fingerprint density at radius 2 is 1.54 bits per heavy atom. The van der Waals surface area contributed by atoms with Gasteiger partial charge in [-0.1, -0.05) is 55.8 Å². The number of aromatic nitrogens is 1. The fraction of sp³-hybridized carbons (Fsp3) is 0.226. The van der Waals surface area contributed by atoms with Crippen LogP contribution in [0.15, 0.2) is 78.9 Å². The Kier molecular flexibility index (Phi) is 4.62. The number of rotatable bonds is 2. The van der Waals surface area contributed by atoms with E-state index in [9.17, 15) is 0 Å². The number of pyridine rings is 1. The predicted molar refractivity (Wildman–Crippen MR) is 146 cm³/mol. The van der Waals surface area contributed by atoms with Gasteiger partial charge in [-0.05, 0) is 60.3 Å². The van der Waals surface area contributed by atoms with Gasteiger partial charge in [0.25, 0.3) is 0 Å². The molecule has 0 radical (unpaired) electrons. The van der Waals surface area contributed by atoms with E-state index in [1.807, 2.05) is 0 Å². The van der Waals surface area contributed by atoms with Gasteiger partial charge in [-0.2, -0.15) is 0 Å². The molecule has 1 saturated heterocycles. The largest absolute Gasteiger partial charge is 0.347 e. The van der Waals surface area contributed by atoms with Gasteiger partial charge in [-0.3, -0.25) is 0 Å². The SMILES string of the molecule is Cc1ccc2c(c1)cc1c3ccccc3c3cc(-c4ccc(C5OCC(C)(C)CO5)s4)ccc3n21. The van der Waals surface area contributed by atoms with Crippen molar-refractivity contribution in [1.82, 2.24) is 4.40 Å². The molecule has 0 N–H and O–H groups in total. The summed E-state index contributed by atoms with van der Waals surface area (Å²) in [6.45, 7) is 7.94. The number of ether oxygens (including phenoxy) is 2. The summed E-state index contributed by atoms with van der Waals surface area (Å²) in [5.74, 6) is 0. The number of fused-ring (bicyclic) bond motifs is 8. The van der Waals surface area contributed by atoms with E-state index in [2.05, 4.69) is 104 Å². The van der Waals surface area contributed by atoms with Crippen molar-refractivity contribution in [3.63, 3.8) is 0 Å². The number of benzene rings is 3. The van der Waals surface area contributed by atoms with Crippen molar-refractivity contribution in [3.05, 3.63) is 89.3 Å². The molecular weight excluding hydrogens is 450 g/mol. The van der Waals surface area contributed by atoms with Crippen LogP contribution in [0.3, 0.4) is 0 Å². The third-order valence-corrected chi connectivity index (χ3v) is 8.24. The van der Waals surface area contributed by atoms with Gasteiger partial charge in [0.15, 0.2) is 6.29 Å². The standard InChI is InChI=1S/C31H27NO2S/c1-19-8-10-25-21(14-19)16-27-23-7-5-4-6-22(23)24-15-20(9-11-26(24)32(25)27)28-12-13-29(35-28)30-33-17-31(2,3)18-34-30/h4-16,30H,17-18H2,1-3H3. The normalized spacial score (nSPS) is 16.7. The molecule has 3 nitrogen and oxygen atoms in total. The van der Waals surface area contributed by atoms with Crippen LogP contribution in [0.25, 0.3) is 48.5 Å². The molecule has 1 fully saturated rings. The molecule has 0 atom stereocenters. The highest BCUT2D eigenvalue weighted by atomic mass is 32.1. The van der Waals surface area contributed by atoms with Crippen molar-refractivity contribution in [2.24, 2.45) is 5.41 Å². The van der Waals surface area contributed by atoms with E-state index < -0.39 is 0 Å². The molecule has 0 unspecified atom stereocenters. The molecule has 7 rings (SSSR count). The van der Waals surface area contributed by atoms with E-state index in [0.29, 0.717) is 13.2 Å². The second-order valence-electron chi connectivity index (χ2n) is 10.5. The minimum absolute atomic E-state index is 0.0721. The monoisotopic (exact) mass is 477 g/mol. The van der Waals surface area contributed by atoms with Crippen LogP contribution in [-0.2, 0) is 9.47 Å². The molecule has 0 bridgehead atoms. The Hall–Kier alpha value is -3.18. The van der Waals surface area contributed by atoms with Crippen molar-refractivity contribution >= 4 is 49.4 Å². The van der Waals surface area contributed by atoms with Crippen LogP contribution in [0.1, 0.15) is 30.6 Å². The molecule has 3 aromatic carbocycles. The second kappa shape index (κ2) is 7.66. The number of nitrogens with zero attached hydrogens (tertiary/aromatic N) is 1. The third-order valence-electron chi connectivity index (χ3n) is 7.08. The minimum atomic E-state index is -0.266. The van der Waals surface area contributed by atoms with Crippen molar-refractivity contribution in [2.45, 2.75) is 27.1 Å². The zero-order valence-electron chi connectivity index (χ0n) is 20.2. The van der Waals surface area contributed by atoms with Crippen LogP contribution < -0.4 is 0 Å². The molecule has 4 heteroatoms. The highest BCUT2D eigenvalue weighted by Crippen LogP contribution is 2.40. The summed E-state index contributed by atoms with van der Waals surface area (Å²) in [4.78, 5) is 2.36. The highest BCUT2D eigenvalue weighted by Gasteiger charge is 2.30. The zero-order valence-corrected chi connectivity index (χ0v) is 21.0. The lowest BCUT2D eigenvalue weighted by Crippen LogP contribution is -2.33. The first-order valence-electron chi connectivity index (χ1n) is 12.2. The molecular formula is C31H27NO2S. The molecule has 6 aromatic rings. The molecule has 35 heavy (non-hydrogen) atoms. The van der Waals surface area contributed by atoms with Crippen molar-refractivity contribution in [1.29, 1.82) is 0 Å². The Morgan fingerprint density at radius 3 is 2.37 bits per heavy atom. The molecule has 0 aliphatic carbocycles. The number of thiophene rings is 1. The lowest BCUT2D eigenvalue weighted by atomic mass is 9.96. The predicted octanol–water partition coefficient (Wildman–Crippen LogP) is 8.51. The third kappa shape index (κ3) is 3.40. The average molecular weight is 478 g/mol. The first kappa shape index (κ1) is 21.1. The van der Waals surface area contributed by atoms with E-state index in [4.69, 9.17) is 9.47 Å².